The molecule has 15 heavy (non-hydrogen) atoms. The number of epoxide rings is 1. The Bertz CT molecular complexity index is 412. The van der Waals surface area contributed by atoms with E-state index in [1.165, 1.54) is 13.2 Å². The number of ether oxygens (including phenoxy) is 2. The van der Waals surface area contributed by atoms with Crippen LogP contribution in [0.25, 0.3) is 0 Å². The largest absolute Gasteiger partial charge is 0.490 e. The Balaban J connectivity index is 2.43. The van der Waals surface area contributed by atoms with E-state index in [4.69, 9.17) is 9.47 Å². The summed E-state index contributed by atoms with van der Waals surface area (Å²) >= 11 is 0. The Morgan fingerprint density at radius 3 is 2.73 bits per heavy atom. The fourth-order valence-corrected chi connectivity index (χ4v) is 1.43. The predicted molar refractivity (Wildman–Crippen MR) is 53.0 cm³/mol. The van der Waals surface area contributed by atoms with Gasteiger partial charge in [0.2, 0.25) is 0 Å². The molecular weight excluding hydrogens is 198 g/mol. The summed E-state index contributed by atoms with van der Waals surface area (Å²) in [5, 5.41) is 10.7. The van der Waals surface area contributed by atoms with Crippen molar-refractivity contribution < 1.29 is 14.4 Å². The maximum Gasteiger partial charge on any atom is 0.310 e. The molecule has 0 radical (unpaired) electrons. The number of rotatable bonds is 3. The summed E-state index contributed by atoms with van der Waals surface area (Å²) in [6.07, 6.45) is 0. The molecule has 0 bridgehead atoms. The fourth-order valence-electron chi connectivity index (χ4n) is 1.43. The van der Waals surface area contributed by atoms with Crippen molar-refractivity contribution in [1.29, 1.82) is 0 Å². The summed E-state index contributed by atoms with van der Waals surface area (Å²) in [5.41, 5.74) is 0.595. The number of hydrogen-bond acceptors (Lipinski definition) is 4. The average molecular weight is 209 g/mol. The molecule has 5 nitrogen and oxygen atoms in total. The molecule has 0 spiro atoms. The Morgan fingerprint density at radius 1 is 1.60 bits per heavy atom. The maximum atomic E-state index is 10.7. The molecule has 0 saturated carbocycles. The van der Waals surface area contributed by atoms with Gasteiger partial charge >= 0.3 is 5.69 Å². The van der Waals surface area contributed by atoms with Crippen LogP contribution in [0.4, 0.5) is 5.69 Å². The van der Waals surface area contributed by atoms with Crippen LogP contribution in [-0.2, 0) is 10.3 Å². The zero-order valence-corrected chi connectivity index (χ0v) is 8.52. The van der Waals surface area contributed by atoms with Crippen molar-refractivity contribution in [3.8, 4) is 5.75 Å². The first kappa shape index (κ1) is 9.92. The highest BCUT2D eigenvalue weighted by Crippen LogP contribution is 2.41. The zero-order valence-electron chi connectivity index (χ0n) is 8.52. The van der Waals surface area contributed by atoms with Gasteiger partial charge in [0.15, 0.2) is 5.75 Å². The Morgan fingerprint density at radius 2 is 2.27 bits per heavy atom. The lowest BCUT2D eigenvalue weighted by atomic mass is 10.0. The van der Waals surface area contributed by atoms with Gasteiger partial charge in [-0.2, -0.15) is 0 Å². The second-order valence-electron chi connectivity index (χ2n) is 3.66. The van der Waals surface area contributed by atoms with E-state index in [1.807, 2.05) is 6.92 Å². The quantitative estimate of drug-likeness (QED) is 0.433. The molecule has 1 aliphatic heterocycles. The summed E-state index contributed by atoms with van der Waals surface area (Å²) in [7, 11) is 1.42. The molecule has 2 rings (SSSR count). The highest BCUT2D eigenvalue weighted by atomic mass is 16.6. The van der Waals surface area contributed by atoms with Gasteiger partial charge < -0.3 is 9.47 Å². The third kappa shape index (κ3) is 1.66. The van der Waals surface area contributed by atoms with Gasteiger partial charge in [-0.3, -0.25) is 10.1 Å². The lowest BCUT2D eigenvalue weighted by molar-refractivity contribution is -0.385. The predicted octanol–water partition coefficient (Wildman–Crippen LogP) is 1.85. The van der Waals surface area contributed by atoms with Crippen molar-refractivity contribution in [2.75, 3.05) is 13.7 Å². The van der Waals surface area contributed by atoms with Crippen molar-refractivity contribution in [1.82, 2.24) is 0 Å². The van der Waals surface area contributed by atoms with E-state index >= 15 is 0 Å². The minimum absolute atomic E-state index is 0.0227. The van der Waals surface area contributed by atoms with E-state index in [0.29, 0.717) is 6.61 Å². The second-order valence-corrected chi connectivity index (χ2v) is 3.66. The standard InChI is InChI=1S/C10H11NO4/c1-10(6-15-10)7-3-4-8(11(12)13)9(5-7)14-2/h3-5H,6H2,1-2H3. The molecule has 0 N–H and O–H groups in total. The van der Waals surface area contributed by atoms with Crippen molar-refractivity contribution in [3.63, 3.8) is 0 Å². The molecule has 0 aromatic heterocycles. The Hall–Kier alpha value is -1.62. The van der Waals surface area contributed by atoms with E-state index in [-0.39, 0.29) is 17.0 Å². The molecule has 1 saturated heterocycles. The van der Waals surface area contributed by atoms with E-state index in [1.54, 1.807) is 12.1 Å². The summed E-state index contributed by atoms with van der Waals surface area (Å²) in [5.74, 6) is 0.272. The van der Waals surface area contributed by atoms with Crippen LogP contribution in [0.1, 0.15) is 12.5 Å². The smallest absolute Gasteiger partial charge is 0.310 e. The third-order valence-electron chi connectivity index (χ3n) is 2.56. The number of hydrogen-bond donors (Lipinski definition) is 0. The lowest BCUT2D eigenvalue weighted by Gasteiger charge is -2.07. The highest BCUT2D eigenvalue weighted by molar-refractivity contribution is 5.50. The second kappa shape index (κ2) is 3.20. The van der Waals surface area contributed by atoms with Gasteiger partial charge in [-0.1, -0.05) is 0 Å². The molecule has 1 aromatic rings. The monoisotopic (exact) mass is 209 g/mol. The first-order valence-electron chi connectivity index (χ1n) is 4.54. The molecule has 1 aromatic carbocycles. The normalized spacial score (nSPS) is 23.6. The van der Waals surface area contributed by atoms with Crippen LogP contribution in [0.3, 0.4) is 0 Å². The SMILES string of the molecule is COc1cc(C2(C)CO2)ccc1[N+](=O)[O-]. The van der Waals surface area contributed by atoms with Gasteiger partial charge in [0.1, 0.15) is 5.60 Å². The maximum absolute atomic E-state index is 10.7. The Kier molecular flexibility index (Phi) is 2.12. The van der Waals surface area contributed by atoms with Crippen LogP contribution in [0, 0.1) is 10.1 Å². The Labute approximate surface area is 86.8 Å². The van der Waals surface area contributed by atoms with Crippen molar-refractivity contribution >= 4 is 5.69 Å². The van der Waals surface area contributed by atoms with Crippen molar-refractivity contribution in [2.24, 2.45) is 0 Å². The van der Waals surface area contributed by atoms with Gasteiger partial charge in [0, 0.05) is 6.07 Å². The van der Waals surface area contributed by atoms with E-state index in [2.05, 4.69) is 0 Å². The zero-order chi connectivity index (χ0) is 11.1. The van der Waals surface area contributed by atoms with Crippen molar-refractivity contribution in [2.45, 2.75) is 12.5 Å². The summed E-state index contributed by atoms with van der Waals surface area (Å²) in [6, 6.07) is 4.81. The molecule has 1 unspecified atom stereocenters. The summed E-state index contributed by atoms with van der Waals surface area (Å²) < 4.78 is 10.2. The molecule has 1 heterocycles. The third-order valence-corrected chi connectivity index (χ3v) is 2.56. The topological polar surface area (TPSA) is 64.9 Å². The first-order valence-corrected chi connectivity index (χ1v) is 4.54. The molecule has 0 amide bonds. The first-order chi connectivity index (χ1) is 7.07. The van der Waals surface area contributed by atoms with Crippen LogP contribution in [0.5, 0.6) is 5.75 Å². The van der Waals surface area contributed by atoms with Gasteiger partial charge in [0.25, 0.3) is 0 Å². The minimum atomic E-state index is -0.460. The van der Waals surface area contributed by atoms with Crippen LogP contribution in [0.15, 0.2) is 18.2 Å². The van der Waals surface area contributed by atoms with Gasteiger partial charge in [-0.25, -0.2) is 0 Å². The van der Waals surface area contributed by atoms with E-state index < -0.39 is 4.92 Å². The van der Waals surface area contributed by atoms with Crippen LogP contribution in [0.2, 0.25) is 0 Å². The summed E-state index contributed by atoms with van der Waals surface area (Å²) in [4.78, 5) is 10.2. The molecular formula is C10H11NO4. The van der Waals surface area contributed by atoms with Crippen LogP contribution >= 0.6 is 0 Å². The molecule has 80 valence electrons. The molecule has 1 aliphatic rings. The minimum Gasteiger partial charge on any atom is -0.490 e. The van der Waals surface area contributed by atoms with Crippen LogP contribution < -0.4 is 4.74 Å². The van der Waals surface area contributed by atoms with Crippen molar-refractivity contribution in [3.05, 3.63) is 33.9 Å². The van der Waals surface area contributed by atoms with Gasteiger partial charge in [0.05, 0.1) is 18.6 Å². The highest BCUT2D eigenvalue weighted by Gasteiger charge is 2.41. The number of nitrogens with zero attached hydrogens (tertiary/aromatic N) is 1. The van der Waals surface area contributed by atoms with E-state index in [0.717, 1.165) is 5.56 Å². The molecule has 1 atom stereocenters. The fraction of sp³-hybridized carbons (Fsp3) is 0.400. The number of nitro groups is 1. The number of methoxy groups -OCH3 is 1. The van der Waals surface area contributed by atoms with E-state index in [9.17, 15) is 10.1 Å². The average Bonchev–Trinajstić information content (AvgIpc) is 2.96. The van der Waals surface area contributed by atoms with Gasteiger partial charge in [-0.05, 0) is 24.6 Å². The molecule has 0 aliphatic carbocycles. The number of benzene rings is 1. The number of nitro benzene ring substituents is 1. The lowest BCUT2D eigenvalue weighted by Crippen LogP contribution is -2.03. The van der Waals surface area contributed by atoms with Crippen LogP contribution in [-0.4, -0.2) is 18.6 Å². The molecule has 1 fully saturated rings. The van der Waals surface area contributed by atoms with Gasteiger partial charge in [-0.15, -0.1) is 0 Å². The molecule has 5 heteroatoms. The summed E-state index contributed by atoms with van der Waals surface area (Å²) in [6.45, 7) is 2.58.